The Morgan fingerprint density at radius 1 is 1.07 bits per heavy atom. The quantitative estimate of drug-likeness (QED) is 0.502. The molecule has 3 rings (SSSR count). The molecule has 2 aliphatic carbocycles. The fourth-order valence-electron chi connectivity index (χ4n) is 5.13. The summed E-state index contributed by atoms with van der Waals surface area (Å²) in [5.74, 6) is -0.0868. The van der Waals surface area contributed by atoms with Crippen molar-refractivity contribution in [2.75, 3.05) is 16.8 Å². The molecular weight excluding hydrogens is 360 g/mol. The Bertz CT molecular complexity index is 661. The van der Waals surface area contributed by atoms with Crippen LogP contribution in [0.2, 0.25) is 0 Å². The van der Waals surface area contributed by atoms with Gasteiger partial charge in [0.2, 0.25) is 0 Å². The van der Waals surface area contributed by atoms with Crippen molar-refractivity contribution in [3.8, 4) is 0 Å². The number of benzene rings is 1. The molecule has 0 radical (unpaired) electrons. The van der Waals surface area contributed by atoms with E-state index < -0.39 is 5.97 Å². The summed E-state index contributed by atoms with van der Waals surface area (Å²) in [5, 5.41) is 13.1. The summed E-state index contributed by atoms with van der Waals surface area (Å²) in [7, 11) is 0. The van der Waals surface area contributed by atoms with Crippen LogP contribution in [0.25, 0.3) is 0 Å². The van der Waals surface area contributed by atoms with Crippen LogP contribution in [0.5, 0.6) is 0 Å². The number of nitrogens with zero attached hydrogens (tertiary/aromatic N) is 1. The van der Waals surface area contributed by atoms with Gasteiger partial charge in [-0.2, -0.15) is 0 Å². The predicted octanol–water partition coefficient (Wildman–Crippen LogP) is 6.41. The molecule has 29 heavy (non-hydrogen) atoms. The van der Waals surface area contributed by atoms with E-state index in [0.29, 0.717) is 18.0 Å². The zero-order chi connectivity index (χ0) is 20.8. The van der Waals surface area contributed by atoms with Gasteiger partial charge in [0.1, 0.15) is 0 Å². The lowest BCUT2D eigenvalue weighted by Crippen LogP contribution is -2.40. The Labute approximate surface area is 177 Å². The number of hydrogen-bond acceptors (Lipinski definition) is 3. The molecule has 1 aromatic rings. The largest absolute Gasteiger partial charge is 0.481 e. The lowest BCUT2D eigenvalue weighted by Gasteiger charge is -2.39. The molecule has 2 N–H and O–H groups in total. The van der Waals surface area contributed by atoms with E-state index in [-0.39, 0.29) is 12.3 Å². The van der Waals surface area contributed by atoms with Gasteiger partial charge in [-0.1, -0.05) is 58.9 Å². The smallest absolute Gasteiger partial charge is 0.303 e. The van der Waals surface area contributed by atoms with Gasteiger partial charge in [0.25, 0.3) is 0 Å². The van der Waals surface area contributed by atoms with E-state index in [4.69, 9.17) is 0 Å². The van der Waals surface area contributed by atoms with Gasteiger partial charge in [-0.3, -0.25) is 4.79 Å². The van der Waals surface area contributed by atoms with Crippen molar-refractivity contribution in [3.63, 3.8) is 0 Å². The lowest BCUT2D eigenvalue weighted by atomic mass is 9.92. The van der Waals surface area contributed by atoms with E-state index >= 15 is 0 Å². The minimum atomic E-state index is -0.726. The molecule has 0 aliphatic heterocycles. The number of carboxylic acid groups (broad SMARTS) is 1. The van der Waals surface area contributed by atoms with Crippen LogP contribution in [0.3, 0.4) is 0 Å². The van der Waals surface area contributed by atoms with Crippen LogP contribution >= 0.6 is 0 Å². The monoisotopic (exact) mass is 400 g/mol. The average molecular weight is 401 g/mol. The number of rotatable bonds is 9. The molecule has 1 atom stereocenters. The highest BCUT2D eigenvalue weighted by Gasteiger charge is 2.26. The molecule has 2 aliphatic rings. The lowest BCUT2D eigenvalue weighted by molar-refractivity contribution is -0.137. The highest BCUT2D eigenvalue weighted by Crippen LogP contribution is 2.37. The SMILES string of the molecule is CC(C)CN(c1ccc(C(C)CC(=O)O)cc1NC1CCCC1)C1CCCCC1. The third-order valence-corrected chi connectivity index (χ3v) is 6.67. The van der Waals surface area contributed by atoms with Gasteiger partial charge >= 0.3 is 5.97 Å². The molecule has 0 saturated heterocycles. The van der Waals surface area contributed by atoms with Crippen molar-refractivity contribution in [2.45, 2.75) is 103 Å². The van der Waals surface area contributed by atoms with Gasteiger partial charge in [-0.25, -0.2) is 0 Å². The van der Waals surface area contributed by atoms with E-state index in [9.17, 15) is 9.90 Å². The second-order valence-electron chi connectivity index (χ2n) is 9.74. The molecule has 0 bridgehead atoms. The molecule has 0 spiro atoms. The first kappa shape index (κ1) is 22.0. The van der Waals surface area contributed by atoms with Gasteiger partial charge in [-0.05, 0) is 55.2 Å². The topological polar surface area (TPSA) is 52.6 Å². The number of anilines is 2. The molecular formula is C25H40N2O2. The second-order valence-corrected chi connectivity index (χ2v) is 9.74. The standard InChI is InChI=1S/C25H40N2O2/c1-18(2)17-27(22-11-5-4-6-12-22)24-14-13-20(19(3)15-25(28)29)16-23(24)26-21-9-7-8-10-21/h13-14,16,18-19,21-22,26H,4-12,15,17H2,1-3H3,(H,28,29). The zero-order valence-electron chi connectivity index (χ0n) is 18.6. The van der Waals surface area contributed by atoms with Crippen molar-refractivity contribution in [2.24, 2.45) is 5.92 Å². The van der Waals surface area contributed by atoms with Crippen LogP contribution in [0.1, 0.15) is 96.5 Å². The van der Waals surface area contributed by atoms with E-state index in [1.54, 1.807) is 0 Å². The molecule has 1 unspecified atom stereocenters. The molecule has 2 fully saturated rings. The maximum Gasteiger partial charge on any atom is 0.303 e. The van der Waals surface area contributed by atoms with Crippen LogP contribution in [0, 0.1) is 5.92 Å². The molecule has 0 amide bonds. The summed E-state index contributed by atoms with van der Waals surface area (Å²) in [4.78, 5) is 13.9. The minimum absolute atomic E-state index is 0.0268. The average Bonchev–Trinajstić information content (AvgIpc) is 3.19. The summed E-state index contributed by atoms with van der Waals surface area (Å²) in [5.41, 5.74) is 3.67. The van der Waals surface area contributed by atoms with Gasteiger partial charge in [0.05, 0.1) is 17.8 Å². The highest BCUT2D eigenvalue weighted by atomic mass is 16.4. The van der Waals surface area contributed by atoms with E-state index in [2.05, 4.69) is 42.3 Å². The Morgan fingerprint density at radius 2 is 1.72 bits per heavy atom. The van der Waals surface area contributed by atoms with E-state index in [1.165, 1.54) is 69.2 Å². The maximum atomic E-state index is 11.2. The van der Waals surface area contributed by atoms with Crippen LogP contribution in [0.4, 0.5) is 11.4 Å². The van der Waals surface area contributed by atoms with Crippen LogP contribution in [0.15, 0.2) is 18.2 Å². The Hall–Kier alpha value is -1.71. The van der Waals surface area contributed by atoms with Crippen molar-refractivity contribution in [1.82, 2.24) is 0 Å². The molecule has 0 heterocycles. The zero-order valence-corrected chi connectivity index (χ0v) is 18.6. The van der Waals surface area contributed by atoms with Crippen LogP contribution in [-0.4, -0.2) is 29.7 Å². The number of nitrogens with one attached hydrogen (secondary N) is 1. The molecule has 1 aromatic carbocycles. The second kappa shape index (κ2) is 10.4. The predicted molar refractivity (Wildman–Crippen MR) is 122 cm³/mol. The number of aliphatic carboxylic acids is 1. The summed E-state index contributed by atoms with van der Waals surface area (Å²) in [6.07, 6.45) is 11.9. The normalized spacial score (nSPS) is 19.4. The van der Waals surface area contributed by atoms with Crippen molar-refractivity contribution in [3.05, 3.63) is 23.8 Å². The van der Waals surface area contributed by atoms with Crippen molar-refractivity contribution < 1.29 is 9.90 Å². The minimum Gasteiger partial charge on any atom is -0.481 e. The van der Waals surface area contributed by atoms with Crippen molar-refractivity contribution in [1.29, 1.82) is 0 Å². The van der Waals surface area contributed by atoms with Crippen molar-refractivity contribution >= 4 is 17.3 Å². The molecule has 162 valence electrons. The van der Waals surface area contributed by atoms with E-state index in [1.807, 2.05) is 6.92 Å². The fraction of sp³-hybridized carbons (Fsp3) is 0.720. The summed E-state index contributed by atoms with van der Waals surface area (Å²) in [6.45, 7) is 7.72. The first-order valence-corrected chi connectivity index (χ1v) is 11.8. The molecule has 0 aromatic heterocycles. The Balaban J connectivity index is 1.92. The Morgan fingerprint density at radius 3 is 2.34 bits per heavy atom. The van der Waals surface area contributed by atoms with Gasteiger partial charge < -0.3 is 15.3 Å². The van der Waals surface area contributed by atoms with Gasteiger partial charge in [0.15, 0.2) is 0 Å². The molecule has 4 nitrogen and oxygen atoms in total. The van der Waals surface area contributed by atoms with Gasteiger partial charge in [-0.15, -0.1) is 0 Å². The first-order chi connectivity index (χ1) is 13.9. The molecule has 4 heteroatoms. The van der Waals surface area contributed by atoms with Gasteiger partial charge in [0, 0.05) is 18.6 Å². The first-order valence-electron chi connectivity index (χ1n) is 11.8. The number of hydrogen-bond donors (Lipinski definition) is 2. The number of carboxylic acids is 1. The van der Waals surface area contributed by atoms with Crippen LogP contribution < -0.4 is 10.2 Å². The fourth-order valence-corrected chi connectivity index (χ4v) is 5.13. The number of carbonyl (C=O) groups is 1. The maximum absolute atomic E-state index is 11.2. The Kier molecular flexibility index (Phi) is 7.85. The third kappa shape index (κ3) is 6.13. The third-order valence-electron chi connectivity index (χ3n) is 6.67. The van der Waals surface area contributed by atoms with E-state index in [0.717, 1.165) is 12.1 Å². The molecule has 2 saturated carbocycles. The summed E-state index contributed by atoms with van der Waals surface area (Å²) < 4.78 is 0. The van der Waals surface area contributed by atoms with Crippen LogP contribution in [-0.2, 0) is 4.79 Å². The highest BCUT2D eigenvalue weighted by molar-refractivity contribution is 5.73. The summed E-state index contributed by atoms with van der Waals surface area (Å²) in [6, 6.07) is 7.85. The summed E-state index contributed by atoms with van der Waals surface area (Å²) >= 11 is 0.